The lowest BCUT2D eigenvalue weighted by atomic mass is 9.69. The summed E-state index contributed by atoms with van der Waals surface area (Å²) in [6.07, 6.45) is 2.87. The number of ketones is 1. The molecule has 0 radical (unpaired) electrons. The molecule has 0 aromatic carbocycles. The molecule has 4 heteroatoms. The Morgan fingerprint density at radius 3 is 2.54 bits per heavy atom. The molecule has 0 aliphatic heterocycles. The normalized spacial score (nSPS) is 23.3. The summed E-state index contributed by atoms with van der Waals surface area (Å²) in [5.41, 5.74) is 0.164. The molecule has 72 valence electrons. The van der Waals surface area contributed by atoms with Crippen LogP contribution in [-0.4, -0.2) is 22.9 Å². The van der Waals surface area contributed by atoms with Crippen molar-refractivity contribution in [2.45, 2.75) is 26.7 Å². The van der Waals surface area contributed by atoms with E-state index in [1.807, 2.05) is 0 Å². The van der Waals surface area contributed by atoms with E-state index in [1.165, 1.54) is 0 Å². The van der Waals surface area contributed by atoms with Crippen molar-refractivity contribution in [3.63, 3.8) is 0 Å². The smallest absolute Gasteiger partial charge is 0.423 e. The number of hydrogen-bond acceptors (Lipinski definition) is 3. The molecule has 0 aromatic heterocycles. The first kappa shape index (κ1) is 10.5. The van der Waals surface area contributed by atoms with Crippen LogP contribution in [0.25, 0.3) is 0 Å². The van der Waals surface area contributed by atoms with Gasteiger partial charge in [-0.2, -0.15) is 0 Å². The number of carbonyl (C=O) groups is 1. The van der Waals surface area contributed by atoms with E-state index in [0.717, 1.165) is 6.42 Å². The van der Waals surface area contributed by atoms with Gasteiger partial charge in [0.1, 0.15) is 0 Å². The van der Waals surface area contributed by atoms with Gasteiger partial charge in [0.25, 0.3) is 0 Å². The molecule has 3 nitrogen and oxygen atoms in total. The van der Waals surface area contributed by atoms with Crippen molar-refractivity contribution >= 4 is 12.9 Å². The van der Waals surface area contributed by atoms with Gasteiger partial charge < -0.3 is 10.0 Å². The standard InChI is InChI=1S/C9H15BO3/c1-6(2)7-3-4-8(10(12)13)9(11)5-7/h4,6-7,12-13H,3,5H2,1-2H3. The van der Waals surface area contributed by atoms with Crippen molar-refractivity contribution < 1.29 is 14.8 Å². The Morgan fingerprint density at radius 1 is 1.54 bits per heavy atom. The van der Waals surface area contributed by atoms with Gasteiger partial charge >= 0.3 is 7.12 Å². The van der Waals surface area contributed by atoms with Crippen molar-refractivity contribution in [3.05, 3.63) is 11.5 Å². The summed E-state index contributed by atoms with van der Waals surface area (Å²) >= 11 is 0. The molecule has 2 N–H and O–H groups in total. The van der Waals surface area contributed by atoms with Crippen LogP contribution in [0.15, 0.2) is 11.5 Å². The topological polar surface area (TPSA) is 57.5 Å². The lowest BCUT2D eigenvalue weighted by Crippen LogP contribution is -2.28. The molecule has 0 bridgehead atoms. The van der Waals surface area contributed by atoms with Gasteiger partial charge in [0.2, 0.25) is 0 Å². The average molecular weight is 182 g/mol. The number of rotatable bonds is 2. The van der Waals surface area contributed by atoms with Gasteiger partial charge in [0.15, 0.2) is 5.78 Å². The molecule has 0 aromatic rings. The quantitative estimate of drug-likeness (QED) is 0.613. The maximum Gasteiger partial charge on any atom is 0.491 e. The average Bonchev–Trinajstić information content (AvgIpc) is 2.03. The fourth-order valence-electron chi connectivity index (χ4n) is 1.59. The second kappa shape index (κ2) is 4.07. The molecule has 0 heterocycles. The summed E-state index contributed by atoms with van der Waals surface area (Å²) in [4.78, 5) is 11.4. The summed E-state index contributed by atoms with van der Waals surface area (Å²) in [7, 11) is -1.60. The molecule has 0 saturated carbocycles. The molecule has 1 atom stereocenters. The number of hydrogen-bond donors (Lipinski definition) is 2. The SMILES string of the molecule is CC(C)C1CC=C(B(O)O)C(=O)C1. The highest BCUT2D eigenvalue weighted by atomic mass is 16.4. The van der Waals surface area contributed by atoms with Gasteiger partial charge in [0, 0.05) is 11.9 Å². The third-order valence-corrected chi connectivity index (χ3v) is 2.63. The lowest BCUT2D eigenvalue weighted by Gasteiger charge is -2.23. The molecule has 0 amide bonds. The molecule has 1 aliphatic carbocycles. The predicted octanol–water partition coefficient (Wildman–Crippen LogP) is 0.560. The maximum absolute atomic E-state index is 11.4. The molecular formula is C9H15BO3. The summed E-state index contributed by atoms with van der Waals surface area (Å²) in [6, 6.07) is 0. The van der Waals surface area contributed by atoms with Crippen LogP contribution in [0.5, 0.6) is 0 Å². The van der Waals surface area contributed by atoms with Gasteiger partial charge in [-0.15, -0.1) is 0 Å². The summed E-state index contributed by atoms with van der Waals surface area (Å²) in [5, 5.41) is 17.7. The van der Waals surface area contributed by atoms with Crippen molar-refractivity contribution in [3.8, 4) is 0 Å². The highest BCUT2D eigenvalue weighted by molar-refractivity contribution is 6.58. The Balaban J connectivity index is 2.70. The van der Waals surface area contributed by atoms with E-state index in [2.05, 4.69) is 13.8 Å². The molecule has 1 unspecified atom stereocenters. The summed E-state index contributed by atoms with van der Waals surface area (Å²) in [5.74, 6) is 0.701. The van der Waals surface area contributed by atoms with Crippen LogP contribution in [-0.2, 0) is 4.79 Å². The molecule has 0 saturated heterocycles. The third kappa shape index (κ3) is 2.42. The van der Waals surface area contributed by atoms with Crippen LogP contribution >= 0.6 is 0 Å². The van der Waals surface area contributed by atoms with E-state index in [-0.39, 0.29) is 11.3 Å². The van der Waals surface area contributed by atoms with Gasteiger partial charge in [0.05, 0.1) is 0 Å². The predicted molar refractivity (Wildman–Crippen MR) is 50.8 cm³/mol. The molecular weight excluding hydrogens is 167 g/mol. The fraction of sp³-hybridized carbons (Fsp3) is 0.667. The zero-order valence-electron chi connectivity index (χ0n) is 8.03. The lowest BCUT2D eigenvalue weighted by molar-refractivity contribution is -0.116. The first-order chi connectivity index (χ1) is 6.02. The Labute approximate surface area is 78.6 Å². The Kier molecular flexibility index (Phi) is 3.28. The first-order valence-corrected chi connectivity index (χ1v) is 4.61. The Hall–Kier alpha value is -0.605. The van der Waals surface area contributed by atoms with E-state index in [0.29, 0.717) is 18.3 Å². The van der Waals surface area contributed by atoms with Crippen LogP contribution in [0, 0.1) is 11.8 Å². The monoisotopic (exact) mass is 182 g/mol. The summed E-state index contributed by atoms with van der Waals surface area (Å²) in [6.45, 7) is 4.15. The molecule has 0 spiro atoms. The van der Waals surface area contributed by atoms with Crippen LogP contribution in [0.4, 0.5) is 0 Å². The zero-order valence-corrected chi connectivity index (χ0v) is 8.03. The van der Waals surface area contributed by atoms with Gasteiger partial charge in [-0.1, -0.05) is 19.9 Å². The van der Waals surface area contributed by atoms with Crippen LogP contribution in [0.2, 0.25) is 0 Å². The third-order valence-electron chi connectivity index (χ3n) is 2.63. The first-order valence-electron chi connectivity index (χ1n) is 4.61. The largest absolute Gasteiger partial charge is 0.491 e. The van der Waals surface area contributed by atoms with E-state index in [1.54, 1.807) is 6.08 Å². The second-order valence-corrected chi connectivity index (χ2v) is 3.90. The van der Waals surface area contributed by atoms with Gasteiger partial charge in [-0.3, -0.25) is 4.79 Å². The number of Topliss-reactive ketones (excluding diaryl/α,β-unsaturated/α-hetero) is 1. The molecule has 0 fully saturated rings. The van der Waals surface area contributed by atoms with Crippen molar-refractivity contribution in [1.29, 1.82) is 0 Å². The van der Waals surface area contributed by atoms with E-state index in [4.69, 9.17) is 10.0 Å². The minimum atomic E-state index is -1.60. The highest BCUT2D eigenvalue weighted by Crippen LogP contribution is 2.27. The Morgan fingerprint density at radius 2 is 2.15 bits per heavy atom. The second-order valence-electron chi connectivity index (χ2n) is 3.90. The van der Waals surface area contributed by atoms with Crippen LogP contribution in [0.3, 0.4) is 0 Å². The number of carbonyl (C=O) groups excluding carboxylic acids is 1. The minimum absolute atomic E-state index is 0.125. The number of allylic oxidation sites excluding steroid dienone is 2. The van der Waals surface area contributed by atoms with E-state index >= 15 is 0 Å². The molecule has 1 aliphatic rings. The van der Waals surface area contributed by atoms with Gasteiger partial charge in [-0.05, 0) is 18.3 Å². The minimum Gasteiger partial charge on any atom is -0.423 e. The Bertz CT molecular complexity index is 233. The molecule has 1 rings (SSSR count). The van der Waals surface area contributed by atoms with Crippen molar-refractivity contribution in [1.82, 2.24) is 0 Å². The highest BCUT2D eigenvalue weighted by Gasteiger charge is 2.29. The van der Waals surface area contributed by atoms with Crippen molar-refractivity contribution in [2.24, 2.45) is 11.8 Å². The molecule has 13 heavy (non-hydrogen) atoms. The fourth-order valence-corrected chi connectivity index (χ4v) is 1.59. The zero-order chi connectivity index (χ0) is 10.0. The van der Waals surface area contributed by atoms with Crippen LogP contribution in [0.1, 0.15) is 26.7 Å². The van der Waals surface area contributed by atoms with Crippen LogP contribution < -0.4 is 0 Å². The van der Waals surface area contributed by atoms with Crippen molar-refractivity contribution in [2.75, 3.05) is 0 Å². The van der Waals surface area contributed by atoms with E-state index < -0.39 is 7.12 Å². The maximum atomic E-state index is 11.4. The van der Waals surface area contributed by atoms with Gasteiger partial charge in [-0.25, -0.2) is 0 Å². The van der Waals surface area contributed by atoms with E-state index in [9.17, 15) is 4.79 Å². The summed E-state index contributed by atoms with van der Waals surface area (Å²) < 4.78 is 0.